The average Bonchev–Trinajstić information content (AvgIpc) is 3.36. The van der Waals surface area contributed by atoms with Gasteiger partial charge in [0.2, 0.25) is 0 Å². The number of aromatic nitrogens is 2. The van der Waals surface area contributed by atoms with Gasteiger partial charge in [0.05, 0.1) is 62.3 Å². The van der Waals surface area contributed by atoms with Crippen molar-refractivity contribution in [2.45, 2.75) is 37.3 Å². The van der Waals surface area contributed by atoms with E-state index in [1.807, 2.05) is 13.0 Å². The molecule has 0 bridgehead atoms. The van der Waals surface area contributed by atoms with Crippen molar-refractivity contribution in [3.05, 3.63) is 59.0 Å². The Kier molecular flexibility index (Phi) is 14.7. The van der Waals surface area contributed by atoms with Crippen LogP contribution in [-0.4, -0.2) is 100.0 Å². The zero-order valence-corrected chi connectivity index (χ0v) is 31.9. The molecular weight excluding hydrogens is 753 g/mol. The molecule has 0 atom stereocenters. The number of anilines is 1. The number of methoxy groups -OCH3 is 2. The van der Waals surface area contributed by atoms with Gasteiger partial charge in [-0.25, -0.2) is 18.0 Å². The molecular formula is C36H45F3N4O11S. The minimum Gasteiger partial charge on any atom is -0.493 e. The number of hydrogen-bond acceptors (Lipinski definition) is 11. The third-order valence-electron chi connectivity index (χ3n) is 8.32. The summed E-state index contributed by atoms with van der Waals surface area (Å²) in [5.74, 6) is -0.441. The number of unbranched alkanes of at least 4 members (excludes halogenated alkanes) is 1. The van der Waals surface area contributed by atoms with Crippen molar-refractivity contribution in [3.63, 3.8) is 0 Å². The highest BCUT2D eigenvalue weighted by Gasteiger charge is 2.38. The summed E-state index contributed by atoms with van der Waals surface area (Å²) < 4.78 is 99.1. The maximum Gasteiger partial charge on any atom is 0.490 e. The first-order valence-corrected chi connectivity index (χ1v) is 18.7. The highest BCUT2D eigenvalue weighted by atomic mass is 32.2. The molecule has 15 nitrogen and oxygen atoms in total. The van der Waals surface area contributed by atoms with E-state index in [9.17, 15) is 26.4 Å². The quantitative estimate of drug-likeness (QED) is 0.139. The van der Waals surface area contributed by atoms with Crippen molar-refractivity contribution in [2.24, 2.45) is 14.1 Å². The van der Waals surface area contributed by atoms with Crippen molar-refractivity contribution < 1.29 is 59.9 Å². The molecule has 0 spiro atoms. The Labute approximate surface area is 316 Å². The highest BCUT2D eigenvalue weighted by Crippen LogP contribution is 2.38. The van der Waals surface area contributed by atoms with Crippen LogP contribution in [0.5, 0.6) is 34.5 Å². The van der Waals surface area contributed by atoms with Crippen LogP contribution in [0.3, 0.4) is 0 Å². The van der Waals surface area contributed by atoms with Gasteiger partial charge < -0.3 is 33.5 Å². The largest absolute Gasteiger partial charge is 0.493 e. The molecule has 0 radical (unpaired) electrons. The van der Waals surface area contributed by atoms with E-state index in [2.05, 4.69) is 9.62 Å². The minimum atomic E-state index is -5.08. The van der Waals surface area contributed by atoms with Crippen LogP contribution in [0.15, 0.2) is 58.2 Å². The molecule has 1 aliphatic heterocycles. The zero-order valence-electron chi connectivity index (χ0n) is 31.1. The summed E-state index contributed by atoms with van der Waals surface area (Å²) in [6.45, 7) is 7.47. The molecule has 0 aliphatic carbocycles. The second-order valence-electron chi connectivity index (χ2n) is 12.3. The number of aliphatic carboxylic acids is 1. The molecule has 2 N–H and O–H groups in total. The normalized spacial score (nSPS) is 13.5. The van der Waals surface area contributed by atoms with Crippen molar-refractivity contribution in [1.82, 2.24) is 14.0 Å². The van der Waals surface area contributed by atoms with Gasteiger partial charge in [0.1, 0.15) is 17.2 Å². The Morgan fingerprint density at radius 2 is 1.44 bits per heavy atom. The lowest BCUT2D eigenvalue weighted by molar-refractivity contribution is -0.192. The van der Waals surface area contributed by atoms with Crippen LogP contribution in [0.2, 0.25) is 0 Å². The Morgan fingerprint density at radius 1 is 0.855 bits per heavy atom. The summed E-state index contributed by atoms with van der Waals surface area (Å²) in [5.41, 5.74) is 0.932. The number of morpholine rings is 1. The van der Waals surface area contributed by atoms with E-state index >= 15 is 0 Å². The molecule has 1 fully saturated rings. The van der Waals surface area contributed by atoms with Gasteiger partial charge in [0.25, 0.3) is 10.0 Å². The number of aryl methyl sites for hydroxylation is 2. The van der Waals surface area contributed by atoms with Crippen LogP contribution in [0.25, 0.3) is 11.0 Å². The number of carboxylic acid groups (broad SMARTS) is 1. The van der Waals surface area contributed by atoms with E-state index in [1.165, 1.54) is 41.6 Å². The van der Waals surface area contributed by atoms with E-state index < -0.39 is 22.2 Å². The predicted molar refractivity (Wildman–Crippen MR) is 196 cm³/mol. The first kappa shape index (κ1) is 42.6. The fourth-order valence-electron chi connectivity index (χ4n) is 5.45. The second-order valence-corrected chi connectivity index (χ2v) is 13.9. The van der Waals surface area contributed by atoms with Crippen molar-refractivity contribution in [3.8, 4) is 34.5 Å². The molecule has 4 aromatic rings. The molecule has 19 heteroatoms. The first-order chi connectivity index (χ1) is 26.1. The molecule has 0 amide bonds. The van der Waals surface area contributed by atoms with E-state index in [1.54, 1.807) is 38.4 Å². The third-order valence-corrected chi connectivity index (χ3v) is 9.68. The fraction of sp³-hybridized carbons (Fsp3) is 0.444. The van der Waals surface area contributed by atoms with Crippen LogP contribution in [0.4, 0.5) is 18.9 Å². The highest BCUT2D eigenvalue weighted by molar-refractivity contribution is 7.92. The topological polar surface area (TPSA) is 169 Å². The summed E-state index contributed by atoms with van der Waals surface area (Å²) in [6, 6.07) is 12.8. The number of benzene rings is 3. The summed E-state index contributed by atoms with van der Waals surface area (Å²) >= 11 is 0. The van der Waals surface area contributed by atoms with E-state index in [0.29, 0.717) is 47.2 Å². The summed E-state index contributed by atoms with van der Waals surface area (Å²) in [4.78, 5) is 24.1. The lowest BCUT2D eigenvalue weighted by Gasteiger charge is -2.26. The maximum absolute atomic E-state index is 13.7. The lowest BCUT2D eigenvalue weighted by Crippen LogP contribution is -2.36. The van der Waals surface area contributed by atoms with Crippen molar-refractivity contribution in [2.75, 3.05) is 65.0 Å². The summed E-state index contributed by atoms with van der Waals surface area (Å²) in [6.07, 6.45) is -2.41. The number of nitrogens with zero attached hydrogens (tertiary/aromatic N) is 3. The van der Waals surface area contributed by atoms with Crippen molar-refractivity contribution >= 4 is 32.7 Å². The number of hydrogen-bond donors (Lipinski definition) is 2. The number of imidazole rings is 1. The molecule has 2 heterocycles. The molecule has 0 saturated carbocycles. The van der Waals surface area contributed by atoms with Gasteiger partial charge in [-0.05, 0) is 44.0 Å². The smallest absolute Gasteiger partial charge is 0.490 e. The van der Waals surface area contributed by atoms with Crippen LogP contribution in [0, 0.1) is 0 Å². The number of sulfonamides is 1. The number of rotatable bonds is 16. The van der Waals surface area contributed by atoms with Crippen molar-refractivity contribution in [1.29, 1.82) is 0 Å². The SMILES string of the molecule is CCCOc1cc(OCCCCN2CCOCC2)cc(Oc2cc3c(cc2NS(=O)(=O)c2ccc(OC)c(OC)c2)n(C)c(=O)n3C)c1.O=C(O)C(F)(F)F. The molecule has 5 rings (SSSR count). The molecule has 1 saturated heterocycles. The minimum absolute atomic E-state index is 0.0487. The molecule has 55 heavy (non-hydrogen) atoms. The Hall–Kier alpha value is -5.14. The second kappa shape index (κ2) is 18.9. The van der Waals surface area contributed by atoms with Crippen LogP contribution in [0.1, 0.15) is 26.2 Å². The number of carboxylic acids is 1. The number of carbonyl (C=O) groups is 1. The van der Waals surface area contributed by atoms with Gasteiger partial charge in [-0.2, -0.15) is 13.2 Å². The zero-order chi connectivity index (χ0) is 40.3. The van der Waals surface area contributed by atoms with Crippen LogP contribution in [-0.2, 0) is 33.7 Å². The summed E-state index contributed by atoms with van der Waals surface area (Å²) in [5, 5.41) is 7.12. The summed E-state index contributed by atoms with van der Waals surface area (Å²) in [7, 11) is 2.02. The number of fused-ring (bicyclic) bond motifs is 1. The monoisotopic (exact) mass is 798 g/mol. The predicted octanol–water partition coefficient (Wildman–Crippen LogP) is 5.40. The first-order valence-electron chi connectivity index (χ1n) is 17.2. The Balaban J connectivity index is 0.000000876. The van der Waals surface area contributed by atoms with Crippen LogP contribution < -0.4 is 34.1 Å². The number of halogens is 3. The molecule has 1 aliphatic rings. The van der Waals surface area contributed by atoms with Gasteiger partial charge in [0, 0.05) is 57.5 Å². The number of nitrogens with one attached hydrogen (secondary N) is 1. The third kappa shape index (κ3) is 11.4. The van der Waals surface area contributed by atoms with E-state index in [-0.39, 0.29) is 27.8 Å². The Morgan fingerprint density at radius 3 is 2.02 bits per heavy atom. The number of ether oxygens (including phenoxy) is 6. The average molecular weight is 799 g/mol. The van der Waals surface area contributed by atoms with Gasteiger partial charge in [-0.1, -0.05) is 6.92 Å². The molecule has 3 aromatic carbocycles. The Bertz CT molecular complexity index is 2100. The maximum atomic E-state index is 13.7. The van der Waals surface area contributed by atoms with Gasteiger partial charge in [0.15, 0.2) is 17.2 Å². The molecule has 1 aromatic heterocycles. The fourth-order valence-corrected chi connectivity index (χ4v) is 6.52. The van der Waals surface area contributed by atoms with Gasteiger partial charge in [-0.3, -0.25) is 18.8 Å². The number of alkyl halides is 3. The molecule has 302 valence electrons. The van der Waals surface area contributed by atoms with Crippen LogP contribution >= 0.6 is 0 Å². The van der Waals surface area contributed by atoms with E-state index in [0.717, 1.165) is 52.1 Å². The molecule has 0 unspecified atom stereocenters. The van der Waals surface area contributed by atoms with E-state index in [4.69, 9.17) is 38.3 Å². The van der Waals surface area contributed by atoms with Gasteiger partial charge in [-0.15, -0.1) is 0 Å². The lowest BCUT2D eigenvalue weighted by atomic mass is 10.2. The standard InChI is InChI=1S/C34H44N4O9S.C2HF3O2/c1-6-14-45-24-18-25(46-15-8-7-11-38-12-16-44-17-13-38)20-26(19-24)47-32-23-30-29(36(2)34(39)37(30)3)22-28(32)35-48(40,41)27-9-10-31(42-4)33(21-27)43-5;3-2(4,5)1(6)7/h9-10,18-23,35H,6-8,11-17H2,1-5H3;(H,6,7). The van der Waals surface area contributed by atoms with Gasteiger partial charge >= 0.3 is 17.8 Å².